The van der Waals surface area contributed by atoms with E-state index in [2.05, 4.69) is 42.0 Å². The van der Waals surface area contributed by atoms with Crippen LogP contribution in [0.3, 0.4) is 0 Å². The number of thiophene rings is 1. The lowest BCUT2D eigenvalue weighted by Crippen LogP contribution is -2.38. The molecule has 1 aliphatic rings. The predicted octanol–water partition coefficient (Wildman–Crippen LogP) is 4.13. The van der Waals surface area contributed by atoms with Gasteiger partial charge in [-0.25, -0.2) is 0 Å². The molecule has 160 valence electrons. The molecule has 0 amide bonds. The van der Waals surface area contributed by atoms with E-state index >= 15 is 0 Å². The first-order valence-electron chi connectivity index (χ1n) is 10.1. The Morgan fingerprint density at radius 1 is 1.03 bits per heavy atom. The summed E-state index contributed by atoms with van der Waals surface area (Å²) in [5, 5.41) is 20.3. The maximum Gasteiger partial charge on any atom is 0.257 e. The van der Waals surface area contributed by atoms with Crippen molar-refractivity contribution in [2.45, 2.75) is 23.9 Å². The molecule has 5 rings (SSSR count). The van der Waals surface area contributed by atoms with Gasteiger partial charge in [0.1, 0.15) is 0 Å². The monoisotopic (exact) mass is 454 g/mol. The zero-order valence-corrected chi connectivity index (χ0v) is 18.7. The highest BCUT2D eigenvalue weighted by Crippen LogP contribution is 2.36. The van der Waals surface area contributed by atoms with Gasteiger partial charge in [0.2, 0.25) is 11.8 Å². The van der Waals surface area contributed by atoms with Crippen molar-refractivity contribution in [3.05, 3.63) is 59.3 Å². The van der Waals surface area contributed by atoms with E-state index in [1.54, 1.807) is 23.1 Å². The largest absolute Gasteiger partial charge is 0.419 e. The van der Waals surface area contributed by atoms with Crippen molar-refractivity contribution < 1.29 is 9.15 Å². The van der Waals surface area contributed by atoms with Gasteiger partial charge in [-0.2, -0.15) is 0 Å². The Hall–Kier alpha value is -2.69. The Labute approximate surface area is 188 Å². The zero-order valence-electron chi connectivity index (χ0n) is 17.0. The maximum atomic E-state index is 5.93. The van der Waals surface area contributed by atoms with Gasteiger partial charge in [0.25, 0.3) is 5.89 Å². The highest BCUT2D eigenvalue weighted by molar-refractivity contribution is 7.99. The Balaban J connectivity index is 1.40. The van der Waals surface area contributed by atoms with Crippen LogP contribution in [0.1, 0.15) is 23.6 Å². The number of aromatic nitrogens is 5. The second kappa shape index (κ2) is 9.21. The molecule has 1 fully saturated rings. The molecule has 0 saturated carbocycles. The number of benzene rings is 1. The lowest BCUT2D eigenvalue weighted by molar-refractivity contribution is 0.121. The van der Waals surface area contributed by atoms with Crippen molar-refractivity contribution in [1.82, 2.24) is 25.0 Å². The molecule has 4 aromatic rings. The summed E-state index contributed by atoms with van der Waals surface area (Å²) in [4.78, 5) is 3.20. The van der Waals surface area contributed by atoms with Crippen LogP contribution in [0.4, 0.5) is 5.95 Å². The van der Waals surface area contributed by atoms with Crippen molar-refractivity contribution in [2.24, 2.45) is 0 Å². The normalized spacial score (nSPS) is 15.3. The van der Waals surface area contributed by atoms with Gasteiger partial charge in [-0.1, -0.05) is 48.2 Å². The first-order valence-corrected chi connectivity index (χ1v) is 11.9. The van der Waals surface area contributed by atoms with Gasteiger partial charge >= 0.3 is 0 Å². The molecule has 0 unspecified atom stereocenters. The fraction of sp³-hybridized carbons (Fsp3) is 0.333. The van der Waals surface area contributed by atoms with E-state index in [1.165, 1.54) is 5.56 Å². The second-order valence-electron chi connectivity index (χ2n) is 7.14. The minimum Gasteiger partial charge on any atom is -0.419 e. The van der Waals surface area contributed by atoms with E-state index in [-0.39, 0.29) is 5.25 Å². The summed E-state index contributed by atoms with van der Waals surface area (Å²) in [6, 6.07) is 14.3. The number of nitrogens with zero attached hydrogens (tertiary/aromatic N) is 6. The van der Waals surface area contributed by atoms with Crippen LogP contribution in [-0.4, -0.2) is 51.3 Å². The van der Waals surface area contributed by atoms with Gasteiger partial charge in [0.05, 0.1) is 29.9 Å². The van der Waals surface area contributed by atoms with Gasteiger partial charge < -0.3 is 14.1 Å². The van der Waals surface area contributed by atoms with Crippen LogP contribution in [-0.2, 0) is 11.3 Å². The molecule has 0 radical (unpaired) electrons. The average Bonchev–Trinajstić information content (AvgIpc) is 3.57. The fourth-order valence-corrected chi connectivity index (χ4v) is 4.89. The number of rotatable bonds is 7. The van der Waals surface area contributed by atoms with Gasteiger partial charge in [-0.3, -0.25) is 4.57 Å². The molecule has 1 aliphatic heterocycles. The van der Waals surface area contributed by atoms with Crippen LogP contribution in [0, 0.1) is 0 Å². The standard InChI is InChI=1S/C21H22N6O2S2/c1-15(18-22-23-19(29-18)17-8-5-13-30-17)31-21-25-24-20(26-9-11-28-12-10-26)27(21)14-16-6-3-2-4-7-16/h2-8,13,15H,9-12,14H2,1H3/t15-/m0/s1. The summed E-state index contributed by atoms with van der Waals surface area (Å²) >= 11 is 3.16. The Morgan fingerprint density at radius 2 is 1.87 bits per heavy atom. The van der Waals surface area contributed by atoms with E-state index in [4.69, 9.17) is 9.15 Å². The summed E-state index contributed by atoms with van der Waals surface area (Å²) in [6.45, 7) is 5.75. The van der Waals surface area contributed by atoms with Crippen LogP contribution >= 0.6 is 23.1 Å². The van der Waals surface area contributed by atoms with Crippen molar-refractivity contribution in [3.8, 4) is 10.8 Å². The Kier molecular flexibility index (Phi) is 6.01. The van der Waals surface area contributed by atoms with Crippen molar-refractivity contribution in [2.75, 3.05) is 31.2 Å². The molecule has 1 aromatic carbocycles. The SMILES string of the molecule is C[C@H](Sc1nnc(N2CCOCC2)n1Cc1ccccc1)c1nnc(-c2cccs2)o1. The minimum atomic E-state index is -0.0579. The summed E-state index contributed by atoms with van der Waals surface area (Å²) in [5.41, 5.74) is 1.20. The van der Waals surface area contributed by atoms with Gasteiger partial charge in [-0.05, 0) is 23.9 Å². The van der Waals surface area contributed by atoms with Crippen molar-refractivity contribution in [3.63, 3.8) is 0 Å². The smallest absolute Gasteiger partial charge is 0.257 e. The quantitative estimate of drug-likeness (QED) is 0.386. The number of hydrogen-bond acceptors (Lipinski definition) is 9. The second-order valence-corrected chi connectivity index (χ2v) is 9.39. The van der Waals surface area contributed by atoms with Gasteiger partial charge in [0.15, 0.2) is 5.16 Å². The van der Waals surface area contributed by atoms with Crippen LogP contribution in [0.2, 0.25) is 0 Å². The molecule has 8 nitrogen and oxygen atoms in total. The van der Waals surface area contributed by atoms with Crippen LogP contribution in [0.15, 0.2) is 57.4 Å². The number of thioether (sulfide) groups is 1. The van der Waals surface area contributed by atoms with Crippen LogP contribution < -0.4 is 4.90 Å². The Morgan fingerprint density at radius 3 is 2.65 bits per heavy atom. The minimum absolute atomic E-state index is 0.0579. The molecule has 4 heterocycles. The van der Waals surface area contributed by atoms with E-state index in [1.807, 2.05) is 42.6 Å². The summed E-state index contributed by atoms with van der Waals surface area (Å²) in [7, 11) is 0. The number of morpholine rings is 1. The number of ether oxygens (including phenoxy) is 1. The Bertz CT molecular complexity index is 1110. The zero-order chi connectivity index (χ0) is 21.0. The summed E-state index contributed by atoms with van der Waals surface area (Å²) < 4.78 is 13.6. The third kappa shape index (κ3) is 4.51. The lowest BCUT2D eigenvalue weighted by atomic mass is 10.2. The van der Waals surface area contributed by atoms with Crippen LogP contribution in [0.5, 0.6) is 0 Å². The summed E-state index contributed by atoms with van der Waals surface area (Å²) in [6.07, 6.45) is 0. The van der Waals surface area contributed by atoms with E-state index in [0.29, 0.717) is 31.5 Å². The molecule has 0 bridgehead atoms. The van der Waals surface area contributed by atoms with Crippen LogP contribution in [0.25, 0.3) is 10.8 Å². The topological polar surface area (TPSA) is 82.1 Å². The number of hydrogen-bond donors (Lipinski definition) is 0. The first-order chi connectivity index (χ1) is 15.3. The third-order valence-electron chi connectivity index (χ3n) is 4.98. The van der Waals surface area contributed by atoms with E-state index in [9.17, 15) is 0 Å². The number of anilines is 1. The fourth-order valence-electron chi connectivity index (χ4n) is 3.38. The highest BCUT2D eigenvalue weighted by atomic mass is 32.2. The molecule has 0 aliphatic carbocycles. The highest BCUT2D eigenvalue weighted by Gasteiger charge is 2.24. The van der Waals surface area contributed by atoms with Crippen molar-refractivity contribution in [1.29, 1.82) is 0 Å². The maximum absolute atomic E-state index is 5.93. The molecule has 1 atom stereocenters. The molecule has 0 N–H and O–H groups in total. The average molecular weight is 455 g/mol. The van der Waals surface area contributed by atoms with E-state index < -0.39 is 0 Å². The first kappa shape index (κ1) is 20.2. The molecule has 1 saturated heterocycles. The third-order valence-corrected chi connectivity index (χ3v) is 6.90. The van der Waals surface area contributed by atoms with Crippen molar-refractivity contribution >= 4 is 29.0 Å². The van der Waals surface area contributed by atoms with Gasteiger partial charge in [-0.15, -0.1) is 31.7 Å². The molecule has 31 heavy (non-hydrogen) atoms. The molecular formula is C21H22N6O2S2. The molecule has 3 aromatic heterocycles. The summed E-state index contributed by atoms with van der Waals surface area (Å²) in [5.74, 6) is 2.00. The molecule has 10 heteroatoms. The van der Waals surface area contributed by atoms with Gasteiger partial charge in [0, 0.05) is 13.1 Å². The molecular weight excluding hydrogens is 432 g/mol. The van der Waals surface area contributed by atoms with E-state index in [0.717, 1.165) is 29.1 Å². The lowest BCUT2D eigenvalue weighted by Gasteiger charge is -2.28. The predicted molar refractivity (Wildman–Crippen MR) is 120 cm³/mol. The molecule has 0 spiro atoms.